The zero-order valence-electron chi connectivity index (χ0n) is 23.9. The molecule has 0 fully saturated rings. The summed E-state index contributed by atoms with van der Waals surface area (Å²) < 4.78 is 114. The lowest BCUT2D eigenvalue weighted by atomic mass is 9.98. The Morgan fingerprint density at radius 1 is 0.957 bits per heavy atom. The van der Waals surface area contributed by atoms with Crippen molar-refractivity contribution in [2.75, 3.05) is 20.6 Å². The van der Waals surface area contributed by atoms with Crippen LogP contribution >= 0.6 is 0 Å². The highest BCUT2D eigenvalue weighted by Gasteiger charge is 2.44. The molecule has 0 unspecified atom stereocenters. The molecule has 2 aromatic heterocycles. The lowest BCUT2D eigenvalue weighted by Gasteiger charge is -2.24. The second-order valence-corrected chi connectivity index (χ2v) is 10.4. The largest absolute Gasteiger partial charge is 0.480 e. The van der Waals surface area contributed by atoms with Crippen LogP contribution in [0.1, 0.15) is 32.7 Å². The second kappa shape index (κ2) is 12.9. The Balaban J connectivity index is 1.89. The highest BCUT2D eigenvalue weighted by atomic mass is 19.4. The van der Waals surface area contributed by atoms with Gasteiger partial charge < -0.3 is 15.3 Å². The molecule has 0 aliphatic rings. The Hall–Kier alpha value is -4.86. The number of hydrogen-bond acceptors (Lipinski definition) is 5. The molecule has 0 saturated carbocycles. The Labute approximate surface area is 254 Å². The van der Waals surface area contributed by atoms with Crippen LogP contribution in [0, 0.1) is 11.6 Å². The number of halogens is 8. The highest BCUT2D eigenvalue weighted by molar-refractivity contribution is 5.97. The Bertz CT molecular complexity index is 1850. The number of nitrogens with one attached hydrogen (secondary N) is 1. The number of fused-ring (bicyclic) bond motifs is 1. The number of nitrogens with zero attached hydrogens (tertiary/aromatic N) is 3. The van der Waals surface area contributed by atoms with Crippen molar-refractivity contribution in [2.45, 2.75) is 31.2 Å². The average molecular weight is 657 g/mol. The van der Waals surface area contributed by atoms with Gasteiger partial charge in [-0.2, -0.15) is 26.3 Å². The average Bonchev–Trinajstić information content (AvgIpc) is 2.94. The van der Waals surface area contributed by atoms with Crippen LogP contribution in [0.5, 0.6) is 0 Å². The van der Waals surface area contributed by atoms with Crippen molar-refractivity contribution in [3.8, 4) is 5.82 Å². The fourth-order valence-corrected chi connectivity index (χ4v) is 4.98. The van der Waals surface area contributed by atoms with Gasteiger partial charge in [-0.1, -0.05) is 24.3 Å². The fraction of sp³-hybridized carbons (Fsp3) is 0.267. The Morgan fingerprint density at radius 3 is 2.15 bits per heavy atom. The molecule has 2 aromatic carbocycles. The van der Waals surface area contributed by atoms with Gasteiger partial charge in [-0.25, -0.2) is 18.6 Å². The molecule has 0 aliphatic carbocycles. The van der Waals surface area contributed by atoms with E-state index in [2.05, 4.69) is 4.98 Å². The molecule has 0 spiro atoms. The minimum absolute atomic E-state index is 0.0415. The van der Waals surface area contributed by atoms with E-state index in [1.54, 1.807) is 0 Å². The minimum atomic E-state index is -5.45. The zero-order valence-corrected chi connectivity index (χ0v) is 23.9. The molecule has 244 valence electrons. The van der Waals surface area contributed by atoms with Gasteiger partial charge in [0.2, 0.25) is 0 Å². The monoisotopic (exact) mass is 656 g/mol. The van der Waals surface area contributed by atoms with Gasteiger partial charge in [0.05, 0.1) is 5.56 Å². The molecule has 4 aromatic rings. The van der Waals surface area contributed by atoms with Crippen LogP contribution < -0.4 is 10.9 Å². The summed E-state index contributed by atoms with van der Waals surface area (Å²) in [5.41, 5.74) is -7.40. The zero-order chi connectivity index (χ0) is 34.1. The first kappa shape index (κ1) is 34.0. The van der Waals surface area contributed by atoms with E-state index in [1.165, 1.54) is 43.3 Å². The molecule has 1 atom stereocenters. The standard InChI is InChI=1S/C30H24F8N4O4/c1-41(2)12-10-18-19(29(33,34)35)14-23(43)42(25(18)30(36,37)38)26-17-6-3-5-15(16(17)9-11-39-26)13-22(28(45)46)40-27(44)24-20(31)7-4-8-21(24)32/h3-9,11,14,22H,10,12-13H2,1-2H3,(H,40,44)(H,45,46)/t22-/m0/s1. The van der Waals surface area contributed by atoms with E-state index in [0.717, 1.165) is 24.4 Å². The first-order valence-corrected chi connectivity index (χ1v) is 13.3. The van der Waals surface area contributed by atoms with Gasteiger partial charge in [0.25, 0.3) is 11.5 Å². The molecule has 16 heteroatoms. The number of rotatable bonds is 9. The number of carbonyl (C=O) groups is 2. The molecule has 4 rings (SSSR count). The van der Waals surface area contributed by atoms with E-state index >= 15 is 0 Å². The molecule has 2 N–H and O–H groups in total. The maximum absolute atomic E-state index is 14.6. The number of aromatic nitrogens is 2. The number of benzene rings is 2. The quantitative estimate of drug-likeness (QED) is 0.239. The van der Waals surface area contributed by atoms with Gasteiger partial charge in [-0.15, -0.1) is 0 Å². The number of amides is 1. The molecule has 46 heavy (non-hydrogen) atoms. The first-order chi connectivity index (χ1) is 21.4. The number of pyridine rings is 2. The van der Waals surface area contributed by atoms with Gasteiger partial charge in [0.15, 0.2) is 0 Å². The van der Waals surface area contributed by atoms with Gasteiger partial charge >= 0.3 is 18.3 Å². The van der Waals surface area contributed by atoms with Crippen molar-refractivity contribution in [3.63, 3.8) is 0 Å². The summed E-state index contributed by atoms with van der Waals surface area (Å²) in [5, 5.41) is 11.7. The smallest absolute Gasteiger partial charge is 0.432 e. The normalized spacial score (nSPS) is 12.8. The molecule has 8 nitrogen and oxygen atoms in total. The maximum atomic E-state index is 14.6. The topological polar surface area (TPSA) is 105 Å². The number of alkyl halides is 6. The van der Waals surface area contributed by atoms with Crippen LogP contribution in [-0.2, 0) is 30.0 Å². The number of carboxylic acid groups (broad SMARTS) is 1. The second-order valence-electron chi connectivity index (χ2n) is 10.4. The van der Waals surface area contributed by atoms with E-state index in [9.17, 15) is 54.6 Å². The number of aliphatic carboxylic acids is 1. The summed E-state index contributed by atoms with van der Waals surface area (Å²) in [5.74, 6) is -6.20. The molecule has 0 aliphatic heterocycles. The van der Waals surface area contributed by atoms with Crippen LogP contribution in [0.25, 0.3) is 16.6 Å². The highest BCUT2D eigenvalue weighted by Crippen LogP contribution is 2.40. The van der Waals surface area contributed by atoms with Crippen LogP contribution in [0.15, 0.2) is 59.5 Å². The lowest BCUT2D eigenvalue weighted by Crippen LogP contribution is -2.43. The molecular formula is C30H24F8N4O4. The van der Waals surface area contributed by atoms with Gasteiger partial charge in [-0.3, -0.25) is 14.2 Å². The van der Waals surface area contributed by atoms with E-state index < -0.39 is 88.5 Å². The molecule has 0 bridgehead atoms. The fourth-order valence-electron chi connectivity index (χ4n) is 4.98. The molecule has 0 radical (unpaired) electrons. The number of carbonyl (C=O) groups excluding carboxylic acids is 1. The number of carboxylic acids is 1. The van der Waals surface area contributed by atoms with E-state index in [0.29, 0.717) is 0 Å². The number of hydrogen-bond donors (Lipinski definition) is 2. The summed E-state index contributed by atoms with van der Waals surface area (Å²) in [7, 11) is 2.90. The van der Waals surface area contributed by atoms with Crippen molar-refractivity contribution in [2.24, 2.45) is 0 Å². The van der Waals surface area contributed by atoms with Crippen molar-refractivity contribution in [1.82, 2.24) is 19.8 Å². The third kappa shape index (κ3) is 7.01. The van der Waals surface area contributed by atoms with Crippen LogP contribution in [0.3, 0.4) is 0 Å². The third-order valence-electron chi connectivity index (χ3n) is 7.01. The number of likely N-dealkylation sites (N-methyl/N-ethyl adjacent to an activating group) is 1. The predicted octanol–water partition coefficient (Wildman–Crippen LogP) is 5.23. The summed E-state index contributed by atoms with van der Waals surface area (Å²) in [4.78, 5) is 43.0. The van der Waals surface area contributed by atoms with Gasteiger partial charge in [-0.05, 0) is 55.2 Å². The maximum Gasteiger partial charge on any atom is 0.432 e. The van der Waals surface area contributed by atoms with Crippen molar-refractivity contribution in [1.29, 1.82) is 0 Å². The van der Waals surface area contributed by atoms with E-state index in [4.69, 9.17) is 0 Å². The van der Waals surface area contributed by atoms with Crippen molar-refractivity contribution < 1.29 is 49.8 Å². The van der Waals surface area contributed by atoms with Crippen LogP contribution in [0.2, 0.25) is 0 Å². The van der Waals surface area contributed by atoms with Crippen molar-refractivity contribution >= 4 is 22.6 Å². The molecule has 1 amide bonds. The van der Waals surface area contributed by atoms with Crippen molar-refractivity contribution in [3.05, 3.63) is 105 Å². The van der Waals surface area contributed by atoms with Gasteiger partial charge in [0, 0.05) is 30.6 Å². The Morgan fingerprint density at radius 2 is 1.59 bits per heavy atom. The summed E-state index contributed by atoms with van der Waals surface area (Å²) in [6.07, 6.45) is -11.0. The molecule has 2 heterocycles. The minimum Gasteiger partial charge on any atom is -0.480 e. The summed E-state index contributed by atoms with van der Waals surface area (Å²) >= 11 is 0. The van der Waals surface area contributed by atoms with Gasteiger partial charge in [0.1, 0.15) is 34.8 Å². The predicted molar refractivity (Wildman–Crippen MR) is 149 cm³/mol. The molecular weight excluding hydrogens is 632 g/mol. The third-order valence-corrected chi connectivity index (χ3v) is 7.01. The van der Waals surface area contributed by atoms with E-state index in [-0.39, 0.29) is 33.5 Å². The van der Waals surface area contributed by atoms with Crippen LogP contribution in [-0.4, -0.2) is 58.1 Å². The lowest BCUT2D eigenvalue weighted by molar-refractivity contribution is -0.148. The van der Waals surface area contributed by atoms with E-state index in [1.807, 2.05) is 5.32 Å². The SMILES string of the molecule is CN(C)CCc1c(C(F)(F)F)cc(=O)n(-c2nccc3c(C[C@H](NC(=O)c4c(F)cccc4F)C(=O)O)cccc23)c1C(F)(F)F. The molecule has 0 saturated heterocycles. The Kier molecular flexibility index (Phi) is 9.51. The van der Waals surface area contributed by atoms with Crippen LogP contribution in [0.4, 0.5) is 35.1 Å². The first-order valence-electron chi connectivity index (χ1n) is 13.3. The summed E-state index contributed by atoms with van der Waals surface area (Å²) in [6, 6.07) is 5.96. The summed E-state index contributed by atoms with van der Waals surface area (Å²) in [6.45, 7) is -0.226.